The Morgan fingerprint density at radius 1 is 1.17 bits per heavy atom. The first-order valence-corrected chi connectivity index (χ1v) is 7.36. The molecular formula is C13H16N4S. The van der Waals surface area contributed by atoms with Gasteiger partial charge >= 0.3 is 0 Å². The van der Waals surface area contributed by atoms with Crippen molar-refractivity contribution >= 4 is 17.4 Å². The molecule has 0 spiro atoms. The maximum atomic E-state index is 4.11. The first kappa shape index (κ1) is 11.6. The highest BCUT2D eigenvalue weighted by Gasteiger charge is 2.12. The van der Waals surface area contributed by atoms with Crippen LogP contribution in [0.25, 0.3) is 5.69 Å². The van der Waals surface area contributed by atoms with Gasteiger partial charge in [-0.05, 0) is 48.6 Å². The molecule has 2 heterocycles. The zero-order valence-corrected chi connectivity index (χ0v) is 10.9. The first-order valence-electron chi connectivity index (χ1n) is 6.21. The highest BCUT2D eigenvalue weighted by Crippen LogP contribution is 2.21. The number of aromatic nitrogens is 3. The van der Waals surface area contributed by atoms with Crippen LogP contribution in [0.3, 0.4) is 0 Å². The van der Waals surface area contributed by atoms with Gasteiger partial charge in [0, 0.05) is 11.7 Å². The summed E-state index contributed by atoms with van der Waals surface area (Å²) in [4.78, 5) is 3.95. The molecule has 0 saturated carbocycles. The number of nitrogens with zero attached hydrogens (tertiary/aromatic N) is 3. The van der Waals surface area contributed by atoms with Crippen LogP contribution in [0, 0.1) is 0 Å². The molecule has 2 aromatic rings. The standard InChI is InChI=1S/C13H16N4S/c1-3-13(17-10-14-9-15-17)4-2-11(1)16-12-5-7-18-8-6-12/h1-4,9-10,12,16H,5-8H2. The monoisotopic (exact) mass is 260 g/mol. The largest absolute Gasteiger partial charge is 0.382 e. The Balaban J connectivity index is 1.67. The van der Waals surface area contributed by atoms with E-state index in [1.165, 1.54) is 30.0 Å². The van der Waals surface area contributed by atoms with Crippen molar-refractivity contribution in [1.82, 2.24) is 14.8 Å². The van der Waals surface area contributed by atoms with Crippen LogP contribution in [-0.2, 0) is 0 Å². The molecule has 0 amide bonds. The fourth-order valence-electron chi connectivity index (χ4n) is 2.13. The van der Waals surface area contributed by atoms with Gasteiger partial charge < -0.3 is 5.32 Å². The summed E-state index contributed by atoms with van der Waals surface area (Å²) in [6.45, 7) is 0. The molecule has 1 aromatic heterocycles. The van der Waals surface area contributed by atoms with Crippen LogP contribution >= 0.6 is 11.8 Å². The minimum Gasteiger partial charge on any atom is -0.382 e. The molecule has 0 atom stereocenters. The lowest BCUT2D eigenvalue weighted by Gasteiger charge is -2.23. The zero-order valence-electron chi connectivity index (χ0n) is 10.1. The summed E-state index contributed by atoms with van der Waals surface area (Å²) in [7, 11) is 0. The molecule has 0 bridgehead atoms. The van der Waals surface area contributed by atoms with E-state index in [9.17, 15) is 0 Å². The van der Waals surface area contributed by atoms with Gasteiger partial charge in [0.25, 0.3) is 0 Å². The van der Waals surface area contributed by atoms with Gasteiger partial charge in [-0.25, -0.2) is 9.67 Å². The van der Waals surface area contributed by atoms with Crippen molar-refractivity contribution in [3.8, 4) is 5.69 Å². The summed E-state index contributed by atoms with van der Waals surface area (Å²) in [6, 6.07) is 8.98. The molecule has 0 unspecified atom stereocenters. The van der Waals surface area contributed by atoms with E-state index in [0.717, 1.165) is 5.69 Å². The Morgan fingerprint density at radius 3 is 2.61 bits per heavy atom. The Labute approximate surface area is 111 Å². The molecule has 3 rings (SSSR count). The van der Waals surface area contributed by atoms with Gasteiger partial charge in [0.1, 0.15) is 12.7 Å². The van der Waals surface area contributed by atoms with E-state index in [0.29, 0.717) is 6.04 Å². The van der Waals surface area contributed by atoms with Crippen LogP contribution in [0.5, 0.6) is 0 Å². The molecule has 1 fully saturated rings. The van der Waals surface area contributed by atoms with Gasteiger partial charge in [0.05, 0.1) is 5.69 Å². The predicted molar refractivity (Wildman–Crippen MR) is 75.3 cm³/mol. The molecule has 4 nitrogen and oxygen atoms in total. The van der Waals surface area contributed by atoms with E-state index >= 15 is 0 Å². The second kappa shape index (κ2) is 5.44. The predicted octanol–water partition coefficient (Wildman–Crippen LogP) is 2.57. The minimum atomic E-state index is 0.628. The molecule has 1 aliphatic rings. The molecule has 1 saturated heterocycles. The van der Waals surface area contributed by atoms with Crippen molar-refractivity contribution in [2.75, 3.05) is 16.8 Å². The fourth-order valence-corrected chi connectivity index (χ4v) is 3.24. The smallest absolute Gasteiger partial charge is 0.138 e. The number of hydrogen-bond donors (Lipinski definition) is 1. The second-order valence-corrected chi connectivity index (χ2v) is 5.64. The molecule has 1 N–H and O–H groups in total. The quantitative estimate of drug-likeness (QED) is 0.921. The SMILES string of the molecule is c1ncn(-c2ccc(NC3CCSCC3)cc2)n1. The van der Waals surface area contributed by atoms with Crippen LogP contribution < -0.4 is 5.32 Å². The van der Waals surface area contributed by atoms with E-state index < -0.39 is 0 Å². The van der Waals surface area contributed by atoms with Gasteiger partial charge in [0.2, 0.25) is 0 Å². The zero-order chi connectivity index (χ0) is 12.2. The first-order chi connectivity index (χ1) is 8.92. The fraction of sp³-hybridized carbons (Fsp3) is 0.385. The van der Waals surface area contributed by atoms with Gasteiger partial charge in [-0.15, -0.1) is 0 Å². The van der Waals surface area contributed by atoms with E-state index in [1.807, 2.05) is 0 Å². The average Bonchev–Trinajstić information content (AvgIpc) is 2.95. The lowest BCUT2D eigenvalue weighted by Crippen LogP contribution is -2.24. The van der Waals surface area contributed by atoms with Gasteiger partial charge in [0.15, 0.2) is 0 Å². The number of thioether (sulfide) groups is 1. The third-order valence-corrected chi connectivity index (χ3v) is 4.19. The van der Waals surface area contributed by atoms with Crippen molar-refractivity contribution in [3.05, 3.63) is 36.9 Å². The van der Waals surface area contributed by atoms with E-state index in [-0.39, 0.29) is 0 Å². The Morgan fingerprint density at radius 2 is 1.94 bits per heavy atom. The van der Waals surface area contributed by atoms with Gasteiger partial charge in [-0.1, -0.05) is 0 Å². The van der Waals surface area contributed by atoms with E-state index in [2.05, 4.69) is 51.4 Å². The summed E-state index contributed by atoms with van der Waals surface area (Å²) in [6.07, 6.45) is 5.78. The maximum absolute atomic E-state index is 4.11. The number of nitrogens with one attached hydrogen (secondary N) is 1. The van der Waals surface area contributed by atoms with Crippen LogP contribution in [0.4, 0.5) is 5.69 Å². The third kappa shape index (κ3) is 2.67. The number of anilines is 1. The highest BCUT2D eigenvalue weighted by molar-refractivity contribution is 7.99. The summed E-state index contributed by atoms with van der Waals surface area (Å²) in [5.74, 6) is 2.55. The Hall–Kier alpha value is -1.49. The number of rotatable bonds is 3. The Bertz CT molecular complexity index is 474. The summed E-state index contributed by atoms with van der Waals surface area (Å²) < 4.78 is 1.76. The molecule has 18 heavy (non-hydrogen) atoms. The van der Waals surface area contributed by atoms with Crippen LogP contribution in [0.15, 0.2) is 36.9 Å². The number of hydrogen-bond acceptors (Lipinski definition) is 4. The second-order valence-electron chi connectivity index (χ2n) is 4.42. The molecular weight excluding hydrogens is 244 g/mol. The van der Waals surface area contributed by atoms with Gasteiger partial charge in [-0.2, -0.15) is 16.9 Å². The summed E-state index contributed by atoms with van der Waals surface area (Å²) in [5.41, 5.74) is 2.23. The van der Waals surface area contributed by atoms with Crippen molar-refractivity contribution in [3.63, 3.8) is 0 Å². The third-order valence-electron chi connectivity index (χ3n) is 3.14. The minimum absolute atomic E-state index is 0.628. The number of benzene rings is 1. The lowest BCUT2D eigenvalue weighted by atomic mass is 10.1. The van der Waals surface area contributed by atoms with Crippen LogP contribution in [0.1, 0.15) is 12.8 Å². The van der Waals surface area contributed by atoms with Gasteiger partial charge in [-0.3, -0.25) is 0 Å². The van der Waals surface area contributed by atoms with Crippen LogP contribution in [-0.4, -0.2) is 32.3 Å². The van der Waals surface area contributed by atoms with Crippen LogP contribution in [0.2, 0.25) is 0 Å². The molecule has 0 radical (unpaired) electrons. The van der Waals surface area contributed by atoms with Crippen molar-refractivity contribution in [2.45, 2.75) is 18.9 Å². The topological polar surface area (TPSA) is 42.7 Å². The van der Waals surface area contributed by atoms with Crippen molar-refractivity contribution in [1.29, 1.82) is 0 Å². The lowest BCUT2D eigenvalue weighted by molar-refractivity contribution is 0.667. The van der Waals surface area contributed by atoms with Crippen molar-refractivity contribution < 1.29 is 0 Å². The highest BCUT2D eigenvalue weighted by atomic mass is 32.2. The average molecular weight is 260 g/mol. The Kier molecular flexibility index (Phi) is 3.50. The molecule has 0 aliphatic carbocycles. The molecule has 94 valence electrons. The molecule has 1 aromatic carbocycles. The van der Waals surface area contributed by atoms with E-state index in [1.54, 1.807) is 17.3 Å². The normalized spacial score (nSPS) is 16.7. The summed E-state index contributed by atoms with van der Waals surface area (Å²) in [5, 5.41) is 7.71. The van der Waals surface area contributed by atoms with E-state index in [4.69, 9.17) is 0 Å². The molecule has 1 aliphatic heterocycles. The maximum Gasteiger partial charge on any atom is 0.138 e. The summed E-state index contributed by atoms with van der Waals surface area (Å²) >= 11 is 2.05. The van der Waals surface area contributed by atoms with Crippen molar-refractivity contribution in [2.24, 2.45) is 0 Å². The molecule has 5 heteroatoms.